The lowest BCUT2D eigenvalue weighted by Gasteiger charge is -2.39. The highest BCUT2D eigenvalue weighted by Gasteiger charge is 2.50. The van der Waals surface area contributed by atoms with Crippen molar-refractivity contribution in [3.05, 3.63) is 81.9 Å². The zero-order valence-electron chi connectivity index (χ0n) is 30.7. The molecule has 2 amide bonds. The minimum atomic E-state index is -1.02. The number of hydrogen-bond acceptors (Lipinski definition) is 6. The normalized spacial score (nSPS) is 25.2. The van der Waals surface area contributed by atoms with Gasteiger partial charge in [0.1, 0.15) is 11.6 Å². The molecule has 11 heteroatoms. The molecule has 3 aliphatic heterocycles. The molecule has 7 rings (SSSR count). The van der Waals surface area contributed by atoms with E-state index in [1.165, 1.54) is 44.6 Å². The van der Waals surface area contributed by atoms with Crippen LogP contribution >= 0.6 is 11.6 Å². The van der Waals surface area contributed by atoms with Gasteiger partial charge in [-0.3, -0.25) is 9.59 Å². The molecule has 284 valence electrons. The Hall–Kier alpha value is -3.73. The fraction of sp³-hybridized carbons (Fsp3) is 0.524. The molecule has 2 saturated heterocycles. The minimum Gasteiger partial charge on any atom is -0.494 e. The number of amides is 2. The van der Waals surface area contributed by atoms with Crippen LogP contribution in [0.4, 0.5) is 8.78 Å². The smallest absolute Gasteiger partial charge is 0.249 e. The zero-order chi connectivity index (χ0) is 37.3. The number of likely N-dealkylation sites (tertiary alicyclic amines) is 1. The van der Waals surface area contributed by atoms with Gasteiger partial charge in [0, 0.05) is 60.3 Å². The van der Waals surface area contributed by atoms with Gasteiger partial charge in [-0.2, -0.15) is 0 Å². The third kappa shape index (κ3) is 7.39. The van der Waals surface area contributed by atoms with Gasteiger partial charge in [0.05, 0.1) is 17.7 Å². The fourth-order valence-electron chi connectivity index (χ4n) is 9.45. The first-order valence-electron chi connectivity index (χ1n) is 19.3. The van der Waals surface area contributed by atoms with Crippen molar-refractivity contribution < 1.29 is 27.8 Å². The van der Waals surface area contributed by atoms with Gasteiger partial charge in [0.2, 0.25) is 11.8 Å². The molecule has 2 atom stereocenters. The highest BCUT2D eigenvalue weighted by atomic mass is 35.5. The van der Waals surface area contributed by atoms with E-state index in [0.717, 1.165) is 82.1 Å². The summed E-state index contributed by atoms with van der Waals surface area (Å²) in [6.07, 6.45) is 9.39. The van der Waals surface area contributed by atoms with Crippen LogP contribution in [0, 0.1) is 29.4 Å². The van der Waals surface area contributed by atoms with Crippen molar-refractivity contribution in [1.29, 1.82) is 0 Å². The summed E-state index contributed by atoms with van der Waals surface area (Å²) in [6, 6.07) is 13.7. The molecule has 0 aromatic heterocycles. The number of primary amides is 1. The lowest BCUT2D eigenvalue weighted by molar-refractivity contribution is -0.138. The average Bonchev–Trinajstić information content (AvgIpc) is 3.46. The van der Waals surface area contributed by atoms with E-state index in [-0.39, 0.29) is 45.2 Å². The van der Waals surface area contributed by atoms with E-state index in [1.807, 2.05) is 37.3 Å². The first-order chi connectivity index (χ1) is 25.6. The number of carbonyl (C=O) groups is 2. The fourth-order valence-corrected chi connectivity index (χ4v) is 9.71. The second kappa shape index (κ2) is 15.9. The summed E-state index contributed by atoms with van der Waals surface area (Å²) in [4.78, 5) is 28.3. The van der Waals surface area contributed by atoms with Gasteiger partial charge >= 0.3 is 0 Å². The van der Waals surface area contributed by atoms with E-state index in [1.54, 1.807) is 0 Å². The number of ether oxygens (including phenoxy) is 2. The lowest BCUT2D eigenvalue weighted by Crippen LogP contribution is -2.49. The Labute approximate surface area is 316 Å². The Balaban J connectivity index is 1.07. The number of benzene rings is 3. The van der Waals surface area contributed by atoms with E-state index in [4.69, 9.17) is 26.8 Å². The second-order valence-electron chi connectivity index (χ2n) is 15.5. The molecule has 3 fully saturated rings. The first kappa shape index (κ1) is 37.6. The average molecular weight is 749 g/mol. The van der Waals surface area contributed by atoms with Crippen LogP contribution in [-0.2, 0) is 10.4 Å². The quantitative estimate of drug-likeness (QED) is 0.198. The summed E-state index contributed by atoms with van der Waals surface area (Å²) < 4.78 is 43.8. The van der Waals surface area contributed by atoms with Gasteiger partial charge in [0.25, 0.3) is 0 Å². The van der Waals surface area contributed by atoms with Crippen molar-refractivity contribution in [1.82, 2.24) is 15.5 Å². The number of hydrogen-bond donors (Lipinski definition) is 3. The van der Waals surface area contributed by atoms with Crippen molar-refractivity contribution in [2.75, 3.05) is 39.8 Å². The maximum absolute atomic E-state index is 16.1. The predicted octanol–water partition coefficient (Wildman–Crippen LogP) is 7.56. The number of nitrogens with two attached hydrogens (primary N) is 1. The molecular weight excluding hydrogens is 698 g/mol. The standard InChI is InChI=1S/C42H51ClF2N4O4/c1-25-35-34(23-32(44)38(43)37(35)36-31(40(46)50)12-13-33(52-2)39(36)45)53-42(25,29-6-4-3-5-7-29)24-48-30-10-8-28(9-11-30)41(51)49-20-16-27(17-21-49)22-26-14-18-47-19-15-26/h3-7,12-13,23,25-28,30,47-48H,8-11,14-22,24H2,1-2H3,(H2,46,50)/t25-,28?,30?,42-/m0/s1. The Morgan fingerprint density at radius 2 is 1.66 bits per heavy atom. The van der Waals surface area contributed by atoms with Gasteiger partial charge in [-0.25, -0.2) is 8.78 Å². The van der Waals surface area contributed by atoms with Crippen LogP contribution in [0.15, 0.2) is 48.5 Å². The third-order valence-electron chi connectivity index (χ3n) is 12.5. The number of nitrogens with zero attached hydrogens (tertiary/aromatic N) is 1. The summed E-state index contributed by atoms with van der Waals surface area (Å²) >= 11 is 6.66. The van der Waals surface area contributed by atoms with E-state index >= 15 is 8.78 Å². The Kier molecular flexibility index (Phi) is 11.3. The monoisotopic (exact) mass is 748 g/mol. The second-order valence-corrected chi connectivity index (χ2v) is 15.9. The number of methoxy groups -OCH3 is 1. The first-order valence-corrected chi connectivity index (χ1v) is 19.6. The number of rotatable bonds is 10. The third-order valence-corrected chi connectivity index (χ3v) is 12.9. The topological polar surface area (TPSA) is 106 Å². The van der Waals surface area contributed by atoms with Crippen LogP contribution < -0.4 is 25.8 Å². The zero-order valence-corrected chi connectivity index (χ0v) is 31.5. The predicted molar refractivity (Wildman–Crippen MR) is 202 cm³/mol. The van der Waals surface area contributed by atoms with Crippen molar-refractivity contribution in [2.24, 2.45) is 23.5 Å². The lowest BCUT2D eigenvalue weighted by atomic mass is 9.77. The molecule has 3 heterocycles. The van der Waals surface area contributed by atoms with Crippen LogP contribution in [0.1, 0.15) is 92.1 Å². The Bertz CT molecular complexity index is 1810. The van der Waals surface area contributed by atoms with Gasteiger partial charge < -0.3 is 30.7 Å². The van der Waals surface area contributed by atoms with Gasteiger partial charge in [-0.05, 0) is 100 Å². The molecular formula is C42H51ClF2N4O4. The maximum Gasteiger partial charge on any atom is 0.249 e. The van der Waals surface area contributed by atoms with E-state index in [2.05, 4.69) is 15.5 Å². The molecule has 4 N–H and O–H groups in total. The maximum atomic E-state index is 16.1. The molecule has 1 aliphatic carbocycles. The molecule has 0 bridgehead atoms. The van der Waals surface area contributed by atoms with Crippen molar-refractivity contribution in [3.8, 4) is 22.6 Å². The Morgan fingerprint density at radius 1 is 0.981 bits per heavy atom. The number of carbonyl (C=O) groups excluding carboxylic acids is 2. The molecule has 0 radical (unpaired) electrons. The number of fused-ring (bicyclic) bond motifs is 1. The van der Waals surface area contributed by atoms with Gasteiger partial charge in [0.15, 0.2) is 17.2 Å². The summed E-state index contributed by atoms with van der Waals surface area (Å²) in [5.74, 6) is -1.05. The number of piperidine rings is 2. The molecule has 53 heavy (non-hydrogen) atoms. The van der Waals surface area contributed by atoms with Crippen LogP contribution in [0.25, 0.3) is 11.1 Å². The summed E-state index contributed by atoms with van der Waals surface area (Å²) in [6.45, 7) is 6.32. The highest BCUT2D eigenvalue weighted by Crippen LogP contribution is 2.56. The van der Waals surface area contributed by atoms with Crippen LogP contribution in [0.3, 0.4) is 0 Å². The summed E-state index contributed by atoms with van der Waals surface area (Å²) in [5, 5.41) is 6.88. The van der Waals surface area contributed by atoms with E-state index < -0.39 is 29.1 Å². The van der Waals surface area contributed by atoms with E-state index in [9.17, 15) is 9.59 Å². The molecule has 4 aliphatic rings. The van der Waals surface area contributed by atoms with Crippen molar-refractivity contribution in [3.63, 3.8) is 0 Å². The van der Waals surface area contributed by atoms with Gasteiger partial charge in [-0.15, -0.1) is 0 Å². The summed E-state index contributed by atoms with van der Waals surface area (Å²) in [5.41, 5.74) is 5.67. The molecule has 3 aromatic carbocycles. The Morgan fingerprint density at radius 3 is 2.32 bits per heavy atom. The largest absolute Gasteiger partial charge is 0.494 e. The van der Waals surface area contributed by atoms with Gasteiger partial charge in [-0.1, -0.05) is 48.9 Å². The molecule has 0 unspecified atom stereocenters. The molecule has 1 saturated carbocycles. The molecule has 0 spiro atoms. The van der Waals surface area contributed by atoms with Crippen molar-refractivity contribution in [2.45, 2.75) is 82.3 Å². The molecule has 8 nitrogen and oxygen atoms in total. The molecule has 3 aromatic rings. The SMILES string of the molecule is COc1ccc(C(N)=O)c(-c2c(Cl)c(F)cc3c2[C@H](C)[C@@](CNC2CCC(C(=O)N4CCC(CC5CCNCC5)CC4)CC2)(c2ccccc2)O3)c1F. The van der Waals surface area contributed by atoms with E-state index in [0.29, 0.717) is 18.0 Å². The van der Waals surface area contributed by atoms with Crippen molar-refractivity contribution >= 4 is 23.4 Å². The highest BCUT2D eigenvalue weighted by molar-refractivity contribution is 6.34. The number of nitrogens with one attached hydrogen (secondary N) is 2. The minimum absolute atomic E-state index is 0.0199. The number of halogens is 3. The summed E-state index contributed by atoms with van der Waals surface area (Å²) in [7, 11) is 1.31. The van der Waals surface area contributed by atoms with Crippen LogP contribution in [0.5, 0.6) is 11.5 Å². The van der Waals surface area contributed by atoms with Crippen LogP contribution in [0.2, 0.25) is 5.02 Å². The van der Waals surface area contributed by atoms with Crippen LogP contribution in [-0.4, -0.2) is 62.6 Å².